The maximum Gasteiger partial charge on any atom is 0.179 e. The monoisotopic (exact) mass is 258 g/mol. The summed E-state index contributed by atoms with van der Waals surface area (Å²) in [6, 6.07) is 3.05. The van der Waals surface area contributed by atoms with Crippen molar-refractivity contribution in [1.82, 2.24) is 4.98 Å². The third kappa shape index (κ3) is 4.32. The molecule has 0 spiro atoms. The summed E-state index contributed by atoms with van der Waals surface area (Å²) < 4.78 is 23.1. The lowest BCUT2D eigenvalue weighted by atomic mass is 10.1. The lowest BCUT2D eigenvalue weighted by Crippen LogP contribution is -2.22. The van der Waals surface area contributed by atoms with Crippen molar-refractivity contribution in [3.63, 3.8) is 0 Å². The molecule has 0 bridgehead atoms. The van der Waals surface area contributed by atoms with E-state index in [9.17, 15) is 13.5 Å². The van der Waals surface area contributed by atoms with Crippen LogP contribution in [0, 0.1) is 0 Å². The van der Waals surface area contributed by atoms with Gasteiger partial charge in [0.2, 0.25) is 0 Å². The van der Waals surface area contributed by atoms with Gasteiger partial charge in [0.1, 0.15) is 10.7 Å². The smallest absolute Gasteiger partial charge is 0.179 e. The van der Waals surface area contributed by atoms with Gasteiger partial charge in [-0.1, -0.05) is 0 Å². The molecule has 0 saturated carbocycles. The Bertz CT molecular complexity index is 471. The molecule has 0 fully saturated rings. The molecule has 0 radical (unpaired) electrons. The zero-order valence-electron chi connectivity index (χ0n) is 10.2. The van der Waals surface area contributed by atoms with Crippen molar-refractivity contribution in [3.8, 4) is 0 Å². The number of anilines is 1. The van der Waals surface area contributed by atoms with Crippen LogP contribution in [0.3, 0.4) is 0 Å². The summed E-state index contributed by atoms with van der Waals surface area (Å²) in [5.74, 6) is 0.336. The van der Waals surface area contributed by atoms with Crippen molar-refractivity contribution >= 4 is 15.7 Å². The van der Waals surface area contributed by atoms with Crippen molar-refractivity contribution in [2.75, 3.05) is 11.6 Å². The Kier molecular flexibility index (Phi) is 4.47. The van der Waals surface area contributed by atoms with Gasteiger partial charge in [-0.2, -0.15) is 0 Å². The summed E-state index contributed by atoms with van der Waals surface area (Å²) in [7, 11) is -3.30. The SMILES string of the molecule is CC(O)CC(C)Nc1ncccc1S(C)(=O)=O. The molecule has 2 unspecified atom stereocenters. The summed E-state index contributed by atoms with van der Waals surface area (Å²) in [5.41, 5.74) is 0. The minimum absolute atomic E-state index is 0.0506. The van der Waals surface area contributed by atoms with Crippen LogP contribution in [-0.4, -0.2) is 36.9 Å². The number of hydrogen-bond donors (Lipinski definition) is 2. The van der Waals surface area contributed by atoms with E-state index in [1.165, 1.54) is 12.3 Å². The summed E-state index contributed by atoms with van der Waals surface area (Å²) in [5, 5.41) is 12.2. The molecule has 1 heterocycles. The van der Waals surface area contributed by atoms with Crippen molar-refractivity contribution in [2.45, 2.75) is 37.3 Å². The van der Waals surface area contributed by atoms with E-state index in [1.54, 1.807) is 13.0 Å². The van der Waals surface area contributed by atoms with E-state index in [2.05, 4.69) is 10.3 Å². The zero-order valence-corrected chi connectivity index (χ0v) is 11.0. The molecule has 1 aromatic rings. The molecule has 1 aromatic heterocycles. The van der Waals surface area contributed by atoms with Crippen molar-refractivity contribution in [2.24, 2.45) is 0 Å². The van der Waals surface area contributed by atoms with Gasteiger partial charge < -0.3 is 10.4 Å². The minimum Gasteiger partial charge on any atom is -0.393 e. The van der Waals surface area contributed by atoms with Crippen LogP contribution in [0.15, 0.2) is 23.2 Å². The van der Waals surface area contributed by atoms with Crippen LogP contribution in [0.2, 0.25) is 0 Å². The van der Waals surface area contributed by atoms with E-state index in [0.717, 1.165) is 6.26 Å². The lowest BCUT2D eigenvalue weighted by Gasteiger charge is -2.17. The Balaban J connectivity index is 2.92. The second kappa shape index (κ2) is 5.46. The summed E-state index contributed by atoms with van der Waals surface area (Å²) in [4.78, 5) is 4.20. The molecule has 5 nitrogen and oxygen atoms in total. The maximum atomic E-state index is 11.5. The molecule has 0 aliphatic rings. The molecular formula is C11H18N2O3S. The first-order valence-electron chi connectivity index (χ1n) is 5.40. The Morgan fingerprint density at radius 3 is 2.65 bits per heavy atom. The number of nitrogens with zero attached hydrogens (tertiary/aromatic N) is 1. The van der Waals surface area contributed by atoms with Crippen LogP contribution < -0.4 is 5.32 Å². The number of hydrogen-bond acceptors (Lipinski definition) is 5. The molecule has 0 aliphatic carbocycles. The number of pyridine rings is 1. The summed E-state index contributed by atoms with van der Waals surface area (Å²) in [6.45, 7) is 3.56. The van der Waals surface area contributed by atoms with Gasteiger partial charge in [-0.05, 0) is 32.4 Å². The predicted molar refractivity (Wildman–Crippen MR) is 66.7 cm³/mol. The van der Waals surface area contributed by atoms with E-state index < -0.39 is 15.9 Å². The van der Waals surface area contributed by atoms with E-state index in [1.807, 2.05) is 6.92 Å². The molecule has 0 amide bonds. The van der Waals surface area contributed by atoms with Gasteiger partial charge >= 0.3 is 0 Å². The molecule has 96 valence electrons. The average Bonchev–Trinajstić information content (AvgIpc) is 2.15. The maximum absolute atomic E-state index is 11.5. The van der Waals surface area contributed by atoms with Gasteiger partial charge in [0.05, 0.1) is 6.10 Å². The highest BCUT2D eigenvalue weighted by Gasteiger charge is 2.16. The van der Waals surface area contributed by atoms with E-state index >= 15 is 0 Å². The molecule has 2 atom stereocenters. The highest BCUT2D eigenvalue weighted by molar-refractivity contribution is 7.90. The molecule has 6 heteroatoms. The normalized spacial score (nSPS) is 15.3. The Hall–Kier alpha value is -1.14. The van der Waals surface area contributed by atoms with Crippen molar-refractivity contribution < 1.29 is 13.5 Å². The van der Waals surface area contributed by atoms with Crippen LogP contribution in [0.25, 0.3) is 0 Å². The number of sulfone groups is 1. The Morgan fingerprint density at radius 2 is 2.12 bits per heavy atom. The number of nitrogens with one attached hydrogen (secondary N) is 1. The van der Waals surface area contributed by atoms with Crippen LogP contribution in [-0.2, 0) is 9.84 Å². The highest BCUT2D eigenvalue weighted by atomic mass is 32.2. The summed E-state index contributed by atoms with van der Waals surface area (Å²) >= 11 is 0. The first kappa shape index (κ1) is 13.9. The second-order valence-corrected chi connectivity index (χ2v) is 6.24. The third-order valence-corrected chi connectivity index (χ3v) is 3.38. The first-order valence-corrected chi connectivity index (χ1v) is 7.29. The number of aromatic nitrogens is 1. The van der Waals surface area contributed by atoms with Crippen molar-refractivity contribution in [1.29, 1.82) is 0 Å². The quantitative estimate of drug-likeness (QED) is 0.825. The first-order chi connectivity index (χ1) is 7.80. The predicted octanol–water partition coefficient (Wildman–Crippen LogP) is 1.06. The van der Waals surface area contributed by atoms with Gasteiger partial charge in [0.15, 0.2) is 9.84 Å². The molecule has 0 aliphatic heterocycles. The van der Waals surface area contributed by atoms with Crippen LogP contribution in [0.1, 0.15) is 20.3 Å². The van der Waals surface area contributed by atoms with Crippen LogP contribution in [0.4, 0.5) is 5.82 Å². The Morgan fingerprint density at radius 1 is 1.47 bits per heavy atom. The van der Waals surface area contributed by atoms with Crippen LogP contribution in [0.5, 0.6) is 0 Å². The highest BCUT2D eigenvalue weighted by Crippen LogP contribution is 2.19. The van der Waals surface area contributed by atoms with E-state index in [-0.39, 0.29) is 10.9 Å². The van der Waals surface area contributed by atoms with Crippen LogP contribution >= 0.6 is 0 Å². The van der Waals surface area contributed by atoms with E-state index in [4.69, 9.17) is 0 Å². The Labute approximate surface area is 102 Å². The minimum atomic E-state index is -3.30. The molecule has 1 rings (SSSR count). The molecule has 0 aromatic carbocycles. The third-order valence-electron chi connectivity index (χ3n) is 2.25. The molecule has 17 heavy (non-hydrogen) atoms. The van der Waals surface area contributed by atoms with Crippen molar-refractivity contribution in [3.05, 3.63) is 18.3 Å². The number of rotatable bonds is 5. The average molecular weight is 258 g/mol. The van der Waals surface area contributed by atoms with Gasteiger partial charge in [-0.15, -0.1) is 0 Å². The second-order valence-electron chi connectivity index (χ2n) is 4.25. The largest absolute Gasteiger partial charge is 0.393 e. The number of aliphatic hydroxyl groups excluding tert-OH is 1. The number of aliphatic hydroxyl groups is 1. The topological polar surface area (TPSA) is 79.3 Å². The van der Waals surface area contributed by atoms with Gasteiger partial charge in [-0.25, -0.2) is 13.4 Å². The molecule has 2 N–H and O–H groups in total. The standard InChI is InChI=1S/C11H18N2O3S/c1-8(7-9(2)14)13-11-10(17(3,15)16)5-4-6-12-11/h4-6,8-9,14H,7H2,1-3H3,(H,12,13). The fourth-order valence-electron chi connectivity index (χ4n) is 1.60. The fourth-order valence-corrected chi connectivity index (χ4v) is 2.39. The fraction of sp³-hybridized carbons (Fsp3) is 0.545. The van der Waals surface area contributed by atoms with Gasteiger partial charge in [-0.3, -0.25) is 0 Å². The van der Waals surface area contributed by atoms with E-state index in [0.29, 0.717) is 12.2 Å². The molecule has 0 saturated heterocycles. The lowest BCUT2D eigenvalue weighted by molar-refractivity contribution is 0.179. The van der Waals surface area contributed by atoms with Gasteiger partial charge in [0.25, 0.3) is 0 Å². The zero-order chi connectivity index (χ0) is 13.1. The van der Waals surface area contributed by atoms with Gasteiger partial charge in [0, 0.05) is 18.5 Å². The summed E-state index contributed by atoms with van der Waals surface area (Å²) in [6.07, 6.45) is 2.77. The molecular weight excluding hydrogens is 240 g/mol.